The van der Waals surface area contributed by atoms with E-state index in [4.69, 9.17) is 9.47 Å². The van der Waals surface area contributed by atoms with Gasteiger partial charge in [0.05, 0.1) is 25.2 Å². The normalized spacial score (nSPS) is 17.9. The lowest BCUT2D eigenvalue weighted by Crippen LogP contribution is -2.36. The van der Waals surface area contributed by atoms with E-state index in [0.29, 0.717) is 17.0 Å². The van der Waals surface area contributed by atoms with Crippen LogP contribution in [0, 0.1) is 0 Å². The van der Waals surface area contributed by atoms with E-state index in [-0.39, 0.29) is 12.3 Å². The average molecular weight is 291 g/mol. The molecule has 1 aliphatic rings. The molecule has 1 aromatic heterocycles. The van der Waals surface area contributed by atoms with Crippen LogP contribution in [0.25, 0.3) is 0 Å². The van der Waals surface area contributed by atoms with Gasteiger partial charge >= 0.3 is 11.9 Å². The van der Waals surface area contributed by atoms with Crippen molar-refractivity contribution in [3.8, 4) is 0 Å². The number of H-pyrrole nitrogens is 1. The van der Waals surface area contributed by atoms with Gasteiger partial charge in [0.2, 0.25) is 0 Å². The van der Waals surface area contributed by atoms with E-state index in [0.717, 1.165) is 0 Å². The van der Waals surface area contributed by atoms with Gasteiger partial charge in [0, 0.05) is 17.6 Å². The molecule has 0 aromatic carbocycles. The predicted molar refractivity (Wildman–Crippen MR) is 75.5 cm³/mol. The summed E-state index contributed by atoms with van der Waals surface area (Å²) in [5.74, 6) is -1.73. The number of carbonyl (C=O) groups excluding carboxylic acids is 2. The van der Waals surface area contributed by atoms with Crippen LogP contribution in [-0.2, 0) is 19.1 Å². The number of aromatic amines is 1. The molecule has 1 aliphatic heterocycles. The molecule has 112 valence electrons. The van der Waals surface area contributed by atoms with Crippen LogP contribution >= 0.6 is 0 Å². The van der Waals surface area contributed by atoms with E-state index < -0.39 is 17.9 Å². The van der Waals surface area contributed by atoms with Gasteiger partial charge in [-0.2, -0.15) is 5.10 Å². The summed E-state index contributed by atoms with van der Waals surface area (Å²) >= 11 is 0. The number of hydrogen-bond donors (Lipinski definition) is 2. The van der Waals surface area contributed by atoms with Crippen molar-refractivity contribution in [1.29, 1.82) is 0 Å². The maximum absolute atomic E-state index is 12.1. The van der Waals surface area contributed by atoms with Gasteiger partial charge in [-0.3, -0.25) is 5.43 Å². The van der Waals surface area contributed by atoms with Crippen molar-refractivity contribution in [2.75, 3.05) is 13.7 Å². The molecule has 0 bridgehead atoms. The summed E-state index contributed by atoms with van der Waals surface area (Å²) in [6.07, 6.45) is 1.71. The quantitative estimate of drug-likeness (QED) is 0.809. The first-order valence-corrected chi connectivity index (χ1v) is 6.53. The Kier molecular flexibility index (Phi) is 4.42. The summed E-state index contributed by atoms with van der Waals surface area (Å²) in [7, 11) is 1.30. The molecule has 1 aromatic rings. The van der Waals surface area contributed by atoms with Gasteiger partial charge in [-0.1, -0.05) is 0 Å². The molecule has 2 N–H and O–H groups in total. The van der Waals surface area contributed by atoms with Gasteiger partial charge in [0.25, 0.3) is 0 Å². The van der Waals surface area contributed by atoms with Crippen molar-refractivity contribution in [1.82, 2.24) is 10.4 Å². The molecular formula is C14H17N3O4. The number of aromatic nitrogens is 1. The Labute approximate surface area is 122 Å². The maximum Gasteiger partial charge on any atom is 0.355 e. The maximum atomic E-state index is 12.1. The number of nitrogens with one attached hydrogen (secondary N) is 2. The molecule has 0 aliphatic carbocycles. The van der Waals surface area contributed by atoms with Gasteiger partial charge < -0.3 is 14.5 Å². The molecule has 0 radical (unpaired) electrons. The van der Waals surface area contributed by atoms with Gasteiger partial charge in [-0.15, -0.1) is 0 Å². The number of carbonyl (C=O) groups is 2. The summed E-state index contributed by atoms with van der Waals surface area (Å²) in [4.78, 5) is 27.2. The standard InChI is InChI=1S/C14H17N3O4/c1-4-21-14(19)12-11(9-6-5-7-15-9)10(13(18)20-3)8(2)16-17-12/h5-7,11,15-16H,4H2,1-3H3. The Hall–Kier alpha value is -2.57. The summed E-state index contributed by atoms with van der Waals surface area (Å²) in [6, 6.07) is 3.56. The second-order valence-electron chi connectivity index (χ2n) is 4.42. The monoisotopic (exact) mass is 291 g/mol. The van der Waals surface area contributed by atoms with Crippen LogP contribution in [-0.4, -0.2) is 36.4 Å². The Morgan fingerprint density at radius 2 is 2.14 bits per heavy atom. The van der Waals surface area contributed by atoms with Crippen molar-refractivity contribution in [2.45, 2.75) is 19.8 Å². The number of ether oxygens (including phenoxy) is 2. The first-order valence-electron chi connectivity index (χ1n) is 6.53. The van der Waals surface area contributed by atoms with Crippen molar-refractivity contribution in [3.63, 3.8) is 0 Å². The molecule has 0 amide bonds. The number of methoxy groups -OCH3 is 1. The zero-order chi connectivity index (χ0) is 15.4. The molecular weight excluding hydrogens is 274 g/mol. The minimum atomic E-state index is -0.646. The lowest BCUT2D eigenvalue weighted by atomic mass is 9.88. The van der Waals surface area contributed by atoms with Crippen molar-refractivity contribution >= 4 is 17.7 Å². The third kappa shape index (κ3) is 2.81. The smallest absolute Gasteiger partial charge is 0.355 e. The highest BCUT2D eigenvalue weighted by Crippen LogP contribution is 2.30. The van der Waals surface area contributed by atoms with Crippen molar-refractivity contribution in [2.24, 2.45) is 5.10 Å². The van der Waals surface area contributed by atoms with Gasteiger partial charge in [-0.05, 0) is 26.0 Å². The van der Waals surface area contributed by atoms with Crippen molar-refractivity contribution in [3.05, 3.63) is 35.3 Å². The molecule has 7 nitrogen and oxygen atoms in total. The molecule has 2 heterocycles. The van der Waals surface area contributed by atoms with E-state index in [1.54, 1.807) is 32.2 Å². The van der Waals surface area contributed by atoms with Crippen LogP contribution in [0.4, 0.5) is 0 Å². The minimum absolute atomic E-state index is 0.116. The van der Waals surface area contributed by atoms with Crippen LogP contribution in [0.3, 0.4) is 0 Å². The highest BCUT2D eigenvalue weighted by atomic mass is 16.5. The summed E-state index contributed by atoms with van der Waals surface area (Å²) in [5.41, 5.74) is 4.33. The largest absolute Gasteiger partial charge is 0.466 e. The first kappa shape index (κ1) is 14.8. The Morgan fingerprint density at radius 3 is 2.71 bits per heavy atom. The zero-order valence-electron chi connectivity index (χ0n) is 12.1. The fourth-order valence-corrected chi connectivity index (χ4v) is 2.20. The average Bonchev–Trinajstić information content (AvgIpc) is 3.00. The lowest BCUT2D eigenvalue weighted by Gasteiger charge is -2.25. The van der Waals surface area contributed by atoms with Gasteiger partial charge in [0.1, 0.15) is 0 Å². The Balaban J connectivity index is 2.49. The molecule has 0 fully saturated rings. The van der Waals surface area contributed by atoms with Gasteiger partial charge in [-0.25, -0.2) is 9.59 Å². The summed E-state index contributed by atoms with van der Waals surface area (Å²) < 4.78 is 9.83. The summed E-state index contributed by atoms with van der Waals surface area (Å²) in [5, 5.41) is 4.04. The Bertz CT molecular complexity index is 602. The number of allylic oxidation sites excluding steroid dienone is 1. The number of esters is 2. The molecule has 0 spiro atoms. The van der Waals surface area contributed by atoms with Crippen LogP contribution < -0.4 is 5.43 Å². The number of hydrazone groups is 1. The molecule has 2 rings (SSSR count). The van der Waals surface area contributed by atoms with E-state index in [1.807, 2.05) is 0 Å². The molecule has 21 heavy (non-hydrogen) atoms. The second kappa shape index (κ2) is 6.25. The number of nitrogens with zero attached hydrogens (tertiary/aromatic N) is 1. The molecule has 1 unspecified atom stereocenters. The molecule has 7 heteroatoms. The third-order valence-electron chi connectivity index (χ3n) is 3.13. The fraction of sp³-hybridized carbons (Fsp3) is 0.357. The highest BCUT2D eigenvalue weighted by Gasteiger charge is 2.37. The van der Waals surface area contributed by atoms with Crippen LogP contribution in [0.1, 0.15) is 25.5 Å². The first-order chi connectivity index (χ1) is 10.1. The van der Waals surface area contributed by atoms with E-state index in [1.165, 1.54) is 7.11 Å². The molecule has 1 atom stereocenters. The topological polar surface area (TPSA) is 92.8 Å². The predicted octanol–water partition coefficient (Wildman–Crippen LogP) is 1.07. The Morgan fingerprint density at radius 1 is 1.38 bits per heavy atom. The number of rotatable bonds is 4. The van der Waals surface area contributed by atoms with E-state index >= 15 is 0 Å². The molecule has 0 saturated carbocycles. The van der Waals surface area contributed by atoms with Gasteiger partial charge in [0.15, 0.2) is 5.71 Å². The third-order valence-corrected chi connectivity index (χ3v) is 3.13. The van der Waals surface area contributed by atoms with E-state index in [2.05, 4.69) is 15.5 Å². The molecule has 0 saturated heterocycles. The fourth-order valence-electron chi connectivity index (χ4n) is 2.20. The minimum Gasteiger partial charge on any atom is -0.466 e. The van der Waals surface area contributed by atoms with E-state index in [9.17, 15) is 9.59 Å². The lowest BCUT2D eigenvalue weighted by molar-refractivity contribution is -0.136. The highest BCUT2D eigenvalue weighted by molar-refractivity contribution is 6.40. The van der Waals surface area contributed by atoms with Crippen LogP contribution in [0.5, 0.6) is 0 Å². The van der Waals surface area contributed by atoms with Crippen molar-refractivity contribution < 1.29 is 19.1 Å². The van der Waals surface area contributed by atoms with Crippen LogP contribution in [0.2, 0.25) is 0 Å². The second-order valence-corrected chi connectivity index (χ2v) is 4.42. The van der Waals surface area contributed by atoms with Crippen LogP contribution in [0.15, 0.2) is 34.7 Å². The zero-order valence-corrected chi connectivity index (χ0v) is 12.1. The SMILES string of the molecule is CCOC(=O)C1=NNC(C)=C(C(=O)OC)C1c1ccc[nH]1. The number of hydrogen-bond acceptors (Lipinski definition) is 6. The summed E-state index contributed by atoms with van der Waals surface area (Å²) in [6.45, 7) is 3.64.